The van der Waals surface area contributed by atoms with Crippen LogP contribution < -0.4 is 4.98 Å². The van der Waals surface area contributed by atoms with Gasteiger partial charge in [-0.15, -0.1) is 0 Å². The van der Waals surface area contributed by atoms with Gasteiger partial charge in [-0.1, -0.05) is 20.3 Å². The monoisotopic (exact) mass is 161 g/mol. The lowest BCUT2D eigenvalue weighted by Crippen LogP contribution is -2.36. The molecule has 0 amide bonds. The van der Waals surface area contributed by atoms with Crippen molar-refractivity contribution < 1.29 is 4.43 Å². The molecular formula is C7H19NOSi. The molecule has 0 spiro atoms. The van der Waals surface area contributed by atoms with Crippen LogP contribution in [0.1, 0.15) is 27.2 Å². The van der Waals surface area contributed by atoms with Crippen LogP contribution in [0.5, 0.6) is 0 Å². The molecule has 1 atom stereocenters. The van der Waals surface area contributed by atoms with Crippen LogP contribution in [0, 0.1) is 0 Å². The van der Waals surface area contributed by atoms with E-state index in [-0.39, 0.29) is 0 Å². The van der Waals surface area contributed by atoms with Gasteiger partial charge in [-0.3, -0.25) is 0 Å². The quantitative estimate of drug-likeness (QED) is 0.592. The van der Waals surface area contributed by atoms with Crippen LogP contribution in [0.4, 0.5) is 0 Å². The first-order chi connectivity index (χ1) is 4.85. The largest absolute Gasteiger partial charge is 0.406 e. The Bertz CT molecular complexity index is 56.4. The van der Waals surface area contributed by atoms with Gasteiger partial charge in [-0.05, 0) is 19.5 Å². The minimum Gasteiger partial charge on any atom is -0.406 e. The Labute approximate surface area is 65.8 Å². The molecule has 0 aromatic carbocycles. The molecule has 10 heavy (non-hydrogen) atoms. The molecule has 0 fully saturated rings. The first kappa shape index (κ1) is 10.1. The van der Waals surface area contributed by atoms with E-state index in [1.165, 1.54) is 12.5 Å². The van der Waals surface area contributed by atoms with Gasteiger partial charge >= 0.3 is 0 Å². The minimum atomic E-state index is -0.984. The van der Waals surface area contributed by atoms with Crippen LogP contribution in [-0.4, -0.2) is 22.4 Å². The van der Waals surface area contributed by atoms with Crippen molar-refractivity contribution in [2.75, 3.05) is 13.2 Å². The average Bonchev–Trinajstić information content (AvgIpc) is 1.90. The number of hydrogen-bond acceptors (Lipinski definition) is 2. The Kier molecular flexibility index (Phi) is 7.35. The highest BCUT2D eigenvalue weighted by atomic mass is 28.3. The summed E-state index contributed by atoms with van der Waals surface area (Å²) in [5.74, 6) is 0. The summed E-state index contributed by atoms with van der Waals surface area (Å²) in [5, 5.41) is 0. The first-order valence-corrected chi connectivity index (χ1v) is 6.06. The SMILES string of the molecule is CCC[SiH](NCC)OCC. The molecule has 0 aliphatic heterocycles. The molecule has 0 saturated carbocycles. The lowest BCUT2D eigenvalue weighted by Gasteiger charge is -2.13. The summed E-state index contributed by atoms with van der Waals surface area (Å²) in [7, 11) is -0.984. The van der Waals surface area contributed by atoms with Gasteiger partial charge in [0.25, 0.3) is 9.20 Å². The highest BCUT2D eigenvalue weighted by molar-refractivity contribution is 6.48. The third-order valence-corrected chi connectivity index (χ3v) is 4.05. The first-order valence-electron chi connectivity index (χ1n) is 4.20. The van der Waals surface area contributed by atoms with E-state index < -0.39 is 9.20 Å². The van der Waals surface area contributed by atoms with Gasteiger partial charge < -0.3 is 9.41 Å². The molecule has 1 N–H and O–H groups in total. The third kappa shape index (κ3) is 4.96. The van der Waals surface area contributed by atoms with E-state index in [2.05, 4.69) is 25.8 Å². The van der Waals surface area contributed by atoms with Crippen molar-refractivity contribution in [3.63, 3.8) is 0 Å². The van der Waals surface area contributed by atoms with Crippen molar-refractivity contribution in [1.29, 1.82) is 0 Å². The fourth-order valence-electron chi connectivity index (χ4n) is 0.935. The third-order valence-electron chi connectivity index (χ3n) is 1.35. The predicted molar refractivity (Wildman–Crippen MR) is 47.5 cm³/mol. The molecule has 1 unspecified atom stereocenters. The van der Waals surface area contributed by atoms with Gasteiger partial charge in [0.2, 0.25) is 0 Å². The Morgan fingerprint density at radius 1 is 1.30 bits per heavy atom. The molecule has 0 aromatic rings. The van der Waals surface area contributed by atoms with Crippen molar-refractivity contribution >= 4 is 9.20 Å². The van der Waals surface area contributed by atoms with Crippen molar-refractivity contribution in [1.82, 2.24) is 4.98 Å². The zero-order valence-electron chi connectivity index (χ0n) is 7.31. The summed E-state index contributed by atoms with van der Waals surface area (Å²) in [6, 6.07) is 1.25. The van der Waals surface area contributed by atoms with Crippen LogP contribution in [0.3, 0.4) is 0 Å². The highest BCUT2D eigenvalue weighted by Gasteiger charge is 2.06. The fraction of sp³-hybridized carbons (Fsp3) is 1.00. The summed E-state index contributed by atoms with van der Waals surface area (Å²) in [6.07, 6.45) is 1.24. The molecule has 0 aliphatic carbocycles. The van der Waals surface area contributed by atoms with E-state index in [1.807, 2.05) is 0 Å². The maximum atomic E-state index is 5.55. The Morgan fingerprint density at radius 2 is 2.00 bits per heavy atom. The molecule has 2 nitrogen and oxygen atoms in total. The zero-order chi connectivity index (χ0) is 7.82. The van der Waals surface area contributed by atoms with E-state index in [9.17, 15) is 0 Å². The fourth-order valence-corrected chi connectivity index (χ4v) is 2.81. The van der Waals surface area contributed by atoms with Gasteiger partial charge in [-0.25, -0.2) is 0 Å². The van der Waals surface area contributed by atoms with Crippen LogP contribution in [0.2, 0.25) is 6.04 Å². The lowest BCUT2D eigenvalue weighted by atomic mass is 10.6. The van der Waals surface area contributed by atoms with Crippen molar-refractivity contribution in [3.8, 4) is 0 Å². The van der Waals surface area contributed by atoms with Gasteiger partial charge in [0.1, 0.15) is 0 Å². The molecule has 3 heteroatoms. The van der Waals surface area contributed by atoms with Crippen LogP contribution in [-0.2, 0) is 4.43 Å². The predicted octanol–water partition coefficient (Wildman–Crippen LogP) is 1.26. The molecule has 0 aliphatic rings. The van der Waals surface area contributed by atoms with Crippen molar-refractivity contribution in [2.24, 2.45) is 0 Å². The molecule has 0 saturated heterocycles. The van der Waals surface area contributed by atoms with Crippen LogP contribution in [0.25, 0.3) is 0 Å². The summed E-state index contributed by atoms with van der Waals surface area (Å²) in [4.78, 5) is 3.40. The maximum Gasteiger partial charge on any atom is 0.252 e. The second kappa shape index (κ2) is 7.25. The van der Waals surface area contributed by atoms with Gasteiger partial charge in [-0.2, -0.15) is 0 Å². The Morgan fingerprint density at radius 3 is 2.40 bits per heavy atom. The highest BCUT2D eigenvalue weighted by Crippen LogP contribution is 1.94. The second-order valence-electron chi connectivity index (χ2n) is 2.29. The zero-order valence-corrected chi connectivity index (χ0v) is 8.47. The van der Waals surface area contributed by atoms with Gasteiger partial charge in [0, 0.05) is 6.61 Å². The molecular weight excluding hydrogens is 142 g/mol. The molecule has 0 rings (SSSR count). The molecule has 0 heterocycles. The lowest BCUT2D eigenvalue weighted by molar-refractivity contribution is 0.332. The number of rotatable bonds is 6. The number of nitrogens with one attached hydrogen (secondary N) is 1. The average molecular weight is 161 g/mol. The second-order valence-corrected chi connectivity index (χ2v) is 4.59. The maximum absolute atomic E-state index is 5.55. The summed E-state index contributed by atoms with van der Waals surface area (Å²) in [6.45, 7) is 8.32. The Balaban J connectivity index is 3.30. The normalized spacial score (nSPS) is 13.5. The summed E-state index contributed by atoms with van der Waals surface area (Å²) in [5.41, 5.74) is 0. The summed E-state index contributed by atoms with van der Waals surface area (Å²) < 4.78 is 5.55. The smallest absolute Gasteiger partial charge is 0.252 e. The van der Waals surface area contributed by atoms with Crippen molar-refractivity contribution in [2.45, 2.75) is 33.2 Å². The van der Waals surface area contributed by atoms with Crippen LogP contribution >= 0.6 is 0 Å². The van der Waals surface area contributed by atoms with Crippen LogP contribution in [0.15, 0.2) is 0 Å². The minimum absolute atomic E-state index is 0.865. The van der Waals surface area contributed by atoms with Crippen molar-refractivity contribution in [3.05, 3.63) is 0 Å². The van der Waals surface area contributed by atoms with E-state index in [1.54, 1.807) is 0 Å². The van der Waals surface area contributed by atoms with E-state index >= 15 is 0 Å². The molecule has 0 aromatic heterocycles. The van der Waals surface area contributed by atoms with Gasteiger partial charge in [0.15, 0.2) is 0 Å². The Hall–Kier alpha value is 0.137. The van der Waals surface area contributed by atoms with E-state index in [4.69, 9.17) is 4.43 Å². The van der Waals surface area contributed by atoms with Gasteiger partial charge in [0.05, 0.1) is 0 Å². The molecule has 62 valence electrons. The topological polar surface area (TPSA) is 21.3 Å². The van der Waals surface area contributed by atoms with E-state index in [0.29, 0.717) is 0 Å². The van der Waals surface area contributed by atoms with E-state index in [0.717, 1.165) is 13.2 Å². The molecule has 0 bridgehead atoms. The standard InChI is InChI=1S/C7H19NOSi/c1-4-7-10(8-5-2)9-6-3/h8,10H,4-7H2,1-3H3. The number of hydrogen-bond donors (Lipinski definition) is 1. The summed E-state index contributed by atoms with van der Waals surface area (Å²) >= 11 is 0. The molecule has 0 radical (unpaired) electrons.